The van der Waals surface area contributed by atoms with Gasteiger partial charge in [0.2, 0.25) is 0 Å². The molecule has 0 amide bonds. The molecule has 0 radical (unpaired) electrons. The molecule has 1 aliphatic rings. The molecule has 0 fully saturated rings. The standard InChI is InChI=1S/C41H37IN2O8S/c1-5-49-30-19-17-28(18-20-30)36-34(40(47)51-7-3)35(27-11-9-8-10-12-27)43-41-44(36)38(45)33(53-41)23-26-21-31(42)37(32(22-26)48-4)52-24-25-13-15-29(16-14-25)39(46)50-6-2/h8-23,36H,5-7,24H2,1-4H3/b33-23-/t36-/m1/s1. The number of halogens is 1. The smallest absolute Gasteiger partial charge is 0.338 e. The van der Waals surface area contributed by atoms with Crippen LogP contribution in [0.2, 0.25) is 0 Å². The lowest BCUT2D eigenvalue weighted by Crippen LogP contribution is -2.40. The van der Waals surface area contributed by atoms with Gasteiger partial charge >= 0.3 is 11.9 Å². The van der Waals surface area contributed by atoms with Gasteiger partial charge in [0.1, 0.15) is 12.4 Å². The lowest BCUT2D eigenvalue weighted by molar-refractivity contribution is -0.138. The topological polar surface area (TPSA) is 115 Å². The normalized spacial score (nSPS) is 13.9. The summed E-state index contributed by atoms with van der Waals surface area (Å²) < 4.78 is 31.0. The second-order valence-corrected chi connectivity index (χ2v) is 13.8. The van der Waals surface area contributed by atoms with Crippen molar-refractivity contribution in [3.8, 4) is 17.2 Å². The summed E-state index contributed by atoms with van der Waals surface area (Å²) in [4.78, 5) is 45.6. The van der Waals surface area contributed by atoms with Crippen molar-refractivity contribution in [2.45, 2.75) is 33.4 Å². The average molecular weight is 845 g/mol. The summed E-state index contributed by atoms with van der Waals surface area (Å²) in [7, 11) is 1.56. The van der Waals surface area contributed by atoms with Gasteiger partial charge in [-0.15, -0.1) is 0 Å². The molecule has 53 heavy (non-hydrogen) atoms. The average Bonchev–Trinajstić information content (AvgIpc) is 3.48. The molecule has 1 aliphatic heterocycles. The third kappa shape index (κ3) is 8.23. The predicted octanol–water partition coefficient (Wildman–Crippen LogP) is 6.70. The molecule has 1 aromatic heterocycles. The molecule has 12 heteroatoms. The largest absolute Gasteiger partial charge is 0.494 e. The van der Waals surface area contributed by atoms with Crippen LogP contribution in [0.4, 0.5) is 0 Å². The minimum absolute atomic E-state index is 0.159. The zero-order valence-corrected chi connectivity index (χ0v) is 32.6. The number of methoxy groups -OCH3 is 1. The van der Waals surface area contributed by atoms with Gasteiger partial charge in [0.15, 0.2) is 16.3 Å². The maximum atomic E-state index is 14.4. The Morgan fingerprint density at radius 1 is 0.868 bits per heavy atom. The van der Waals surface area contributed by atoms with Gasteiger partial charge in [-0.2, -0.15) is 0 Å². The van der Waals surface area contributed by atoms with Gasteiger partial charge < -0.3 is 23.7 Å². The molecule has 4 aromatic carbocycles. The summed E-state index contributed by atoms with van der Waals surface area (Å²) in [6, 6.07) is 26.8. The van der Waals surface area contributed by atoms with Crippen molar-refractivity contribution < 1.29 is 33.3 Å². The quantitative estimate of drug-likeness (QED) is 0.0951. The highest BCUT2D eigenvalue weighted by Gasteiger charge is 2.35. The van der Waals surface area contributed by atoms with Crippen molar-refractivity contribution in [2.75, 3.05) is 26.9 Å². The van der Waals surface area contributed by atoms with Crippen LogP contribution in [-0.2, 0) is 20.9 Å². The number of fused-ring (bicyclic) bond motifs is 1. The molecule has 0 bridgehead atoms. The third-order valence-electron chi connectivity index (χ3n) is 8.28. The summed E-state index contributed by atoms with van der Waals surface area (Å²) >= 11 is 3.42. The highest BCUT2D eigenvalue weighted by Crippen LogP contribution is 2.37. The predicted molar refractivity (Wildman–Crippen MR) is 211 cm³/mol. The van der Waals surface area contributed by atoms with Crippen LogP contribution in [0.5, 0.6) is 17.2 Å². The molecule has 0 saturated heterocycles. The van der Waals surface area contributed by atoms with E-state index in [2.05, 4.69) is 22.6 Å². The maximum Gasteiger partial charge on any atom is 0.338 e. The number of ether oxygens (including phenoxy) is 5. The fourth-order valence-corrected chi connectivity index (χ4v) is 7.67. The maximum absolute atomic E-state index is 14.4. The fraction of sp³-hybridized carbons (Fsp3) is 0.220. The van der Waals surface area contributed by atoms with Crippen LogP contribution in [0.25, 0.3) is 11.8 Å². The van der Waals surface area contributed by atoms with Gasteiger partial charge in [-0.3, -0.25) is 9.36 Å². The van der Waals surface area contributed by atoms with E-state index < -0.39 is 12.0 Å². The molecule has 0 unspecified atom stereocenters. The molecule has 0 spiro atoms. The number of aromatic nitrogens is 1. The van der Waals surface area contributed by atoms with Crippen LogP contribution in [0.3, 0.4) is 0 Å². The van der Waals surface area contributed by atoms with E-state index in [0.717, 1.165) is 14.7 Å². The highest BCUT2D eigenvalue weighted by atomic mass is 127. The van der Waals surface area contributed by atoms with Crippen molar-refractivity contribution in [3.05, 3.63) is 148 Å². The Labute approximate surface area is 324 Å². The Morgan fingerprint density at radius 3 is 2.23 bits per heavy atom. The minimum Gasteiger partial charge on any atom is -0.494 e. The first-order chi connectivity index (χ1) is 25.8. The molecule has 0 saturated carbocycles. The van der Waals surface area contributed by atoms with Crippen molar-refractivity contribution in [1.82, 2.24) is 4.57 Å². The Morgan fingerprint density at radius 2 is 1.57 bits per heavy atom. The third-order valence-corrected chi connectivity index (χ3v) is 10.1. The number of benzene rings is 4. The van der Waals surface area contributed by atoms with E-state index in [-0.39, 0.29) is 30.3 Å². The molecular weight excluding hydrogens is 807 g/mol. The van der Waals surface area contributed by atoms with Crippen LogP contribution in [0, 0.1) is 3.57 Å². The van der Waals surface area contributed by atoms with Crippen molar-refractivity contribution in [3.63, 3.8) is 0 Å². The van der Waals surface area contributed by atoms with Crippen molar-refractivity contribution in [2.24, 2.45) is 4.99 Å². The first-order valence-corrected chi connectivity index (χ1v) is 18.9. The number of esters is 2. The Hall–Kier alpha value is -5.21. The number of carbonyl (C=O) groups excluding carboxylic acids is 2. The minimum atomic E-state index is -0.810. The van der Waals surface area contributed by atoms with Gasteiger partial charge in [0, 0.05) is 5.56 Å². The SMILES string of the molecule is CCOC(=O)C1=C(c2ccccc2)N=c2s/c(=C\c3cc(I)c(OCc4ccc(C(=O)OCC)cc4)c(OC)c3)c(=O)n2[C@@H]1c1ccc(OCC)cc1. The van der Waals surface area contributed by atoms with Crippen LogP contribution in [0.15, 0.2) is 106 Å². The summed E-state index contributed by atoms with van der Waals surface area (Å²) in [6.07, 6.45) is 1.79. The highest BCUT2D eigenvalue weighted by molar-refractivity contribution is 14.1. The summed E-state index contributed by atoms with van der Waals surface area (Å²) in [5.41, 5.74) is 3.90. The number of hydrogen-bond donors (Lipinski definition) is 0. The molecule has 272 valence electrons. The first-order valence-electron chi connectivity index (χ1n) is 17.0. The number of nitrogens with zero attached hydrogens (tertiary/aromatic N) is 2. The van der Waals surface area contributed by atoms with E-state index in [1.807, 2.05) is 85.8 Å². The Kier molecular flexibility index (Phi) is 12.1. The van der Waals surface area contributed by atoms with Crippen LogP contribution in [0.1, 0.15) is 59.4 Å². The van der Waals surface area contributed by atoms with E-state index in [4.69, 9.17) is 28.7 Å². The fourth-order valence-electron chi connectivity index (χ4n) is 5.89. The van der Waals surface area contributed by atoms with E-state index >= 15 is 0 Å². The summed E-state index contributed by atoms with van der Waals surface area (Å²) in [6.45, 7) is 6.64. The van der Waals surface area contributed by atoms with Crippen LogP contribution >= 0.6 is 33.9 Å². The Balaban J connectivity index is 1.41. The van der Waals surface area contributed by atoms with Crippen LogP contribution in [-0.4, -0.2) is 43.4 Å². The van der Waals surface area contributed by atoms with E-state index in [1.54, 1.807) is 43.7 Å². The molecule has 10 nitrogen and oxygen atoms in total. The molecule has 0 aliphatic carbocycles. The lowest BCUT2D eigenvalue weighted by Gasteiger charge is -2.26. The Bertz CT molecular complexity index is 2330. The first kappa shape index (κ1) is 37.5. The molecule has 5 aromatic rings. The van der Waals surface area contributed by atoms with E-state index in [0.29, 0.717) is 62.2 Å². The summed E-state index contributed by atoms with van der Waals surface area (Å²) in [5, 5.41) is 0. The van der Waals surface area contributed by atoms with E-state index in [9.17, 15) is 14.4 Å². The van der Waals surface area contributed by atoms with Crippen molar-refractivity contribution >= 4 is 57.6 Å². The van der Waals surface area contributed by atoms with Gasteiger partial charge in [0.25, 0.3) is 5.56 Å². The van der Waals surface area contributed by atoms with Gasteiger partial charge in [-0.1, -0.05) is 65.9 Å². The second-order valence-electron chi connectivity index (χ2n) is 11.7. The summed E-state index contributed by atoms with van der Waals surface area (Å²) in [5.74, 6) is 0.789. The second kappa shape index (κ2) is 17.1. The molecular formula is C41H37IN2O8S. The van der Waals surface area contributed by atoms with Gasteiger partial charge in [-0.25, -0.2) is 14.6 Å². The molecule has 1 atom stereocenters. The number of carbonyl (C=O) groups is 2. The molecule has 6 rings (SSSR count). The number of rotatable bonds is 13. The zero-order chi connectivity index (χ0) is 37.5. The van der Waals surface area contributed by atoms with Crippen molar-refractivity contribution in [1.29, 1.82) is 0 Å². The van der Waals surface area contributed by atoms with E-state index in [1.165, 1.54) is 11.3 Å². The lowest BCUT2D eigenvalue weighted by atomic mass is 9.93. The number of thiazole rings is 1. The van der Waals surface area contributed by atoms with Crippen LogP contribution < -0.4 is 29.1 Å². The van der Waals surface area contributed by atoms with Gasteiger partial charge in [-0.05, 0) is 103 Å². The van der Waals surface area contributed by atoms with Gasteiger partial charge in [0.05, 0.1) is 57.9 Å². The molecule has 0 N–H and O–H groups in total. The number of hydrogen-bond acceptors (Lipinski definition) is 10. The zero-order valence-electron chi connectivity index (χ0n) is 29.6. The monoisotopic (exact) mass is 844 g/mol. The molecule has 2 heterocycles.